The Balaban J connectivity index is 1.33. The fraction of sp³-hybridized carbons (Fsp3) is 0.318. The molecular weight excluding hydrogens is 400 g/mol. The van der Waals surface area contributed by atoms with Crippen LogP contribution in [0.3, 0.4) is 0 Å². The third-order valence-electron chi connectivity index (χ3n) is 5.38. The zero-order valence-corrected chi connectivity index (χ0v) is 17.0. The molecule has 1 unspecified atom stereocenters. The lowest BCUT2D eigenvalue weighted by atomic mass is 10.2. The SMILES string of the molecule is COc1ccccc1-c1noc(C2CCCN2C(=O)Nc2ccc3c(c2)OCCO3)n1. The summed E-state index contributed by atoms with van der Waals surface area (Å²) in [7, 11) is 1.60. The first-order chi connectivity index (χ1) is 15.2. The monoisotopic (exact) mass is 422 g/mol. The second kappa shape index (κ2) is 8.17. The number of hydrogen-bond donors (Lipinski definition) is 1. The number of likely N-dealkylation sites (tertiary alicyclic amines) is 1. The number of para-hydroxylation sites is 1. The van der Waals surface area contributed by atoms with Gasteiger partial charge in [0.1, 0.15) is 25.0 Å². The van der Waals surface area contributed by atoms with Gasteiger partial charge in [0.05, 0.1) is 12.7 Å². The molecule has 1 aromatic heterocycles. The van der Waals surface area contributed by atoms with Crippen molar-refractivity contribution in [2.75, 3.05) is 32.2 Å². The zero-order chi connectivity index (χ0) is 21.2. The Morgan fingerprint density at radius 1 is 1.16 bits per heavy atom. The average Bonchev–Trinajstić information content (AvgIpc) is 3.48. The molecule has 0 bridgehead atoms. The predicted octanol–water partition coefficient (Wildman–Crippen LogP) is 3.89. The number of ether oxygens (including phenoxy) is 3. The van der Waals surface area contributed by atoms with Gasteiger partial charge in [-0.05, 0) is 37.1 Å². The quantitative estimate of drug-likeness (QED) is 0.681. The summed E-state index contributed by atoms with van der Waals surface area (Å²) in [5.74, 6) is 2.81. The number of nitrogens with zero attached hydrogens (tertiary/aromatic N) is 3. The molecule has 1 atom stereocenters. The van der Waals surface area contributed by atoms with Crippen molar-refractivity contribution in [2.24, 2.45) is 0 Å². The maximum absolute atomic E-state index is 13.0. The number of hydrogen-bond acceptors (Lipinski definition) is 7. The van der Waals surface area contributed by atoms with Crippen LogP contribution >= 0.6 is 0 Å². The van der Waals surface area contributed by atoms with E-state index in [9.17, 15) is 4.79 Å². The van der Waals surface area contributed by atoms with E-state index in [0.29, 0.717) is 54.4 Å². The molecule has 2 aromatic carbocycles. The van der Waals surface area contributed by atoms with Gasteiger partial charge in [-0.15, -0.1) is 0 Å². The number of methoxy groups -OCH3 is 1. The zero-order valence-electron chi connectivity index (χ0n) is 17.0. The summed E-state index contributed by atoms with van der Waals surface area (Å²) in [6, 6.07) is 12.3. The van der Waals surface area contributed by atoms with Crippen molar-refractivity contribution in [3.63, 3.8) is 0 Å². The van der Waals surface area contributed by atoms with Crippen LogP contribution in [0.15, 0.2) is 47.0 Å². The maximum atomic E-state index is 13.0. The number of anilines is 1. The minimum absolute atomic E-state index is 0.226. The lowest BCUT2D eigenvalue weighted by Gasteiger charge is -2.23. The van der Waals surface area contributed by atoms with Crippen molar-refractivity contribution < 1.29 is 23.5 Å². The molecule has 160 valence electrons. The molecule has 0 radical (unpaired) electrons. The molecule has 0 saturated carbocycles. The standard InChI is InChI=1S/C22H22N4O5/c1-28-17-7-3-2-5-15(17)20-24-21(31-25-20)16-6-4-10-26(16)22(27)23-14-8-9-18-19(13-14)30-12-11-29-18/h2-3,5,7-9,13,16H,4,6,10-12H2,1H3,(H,23,27). The van der Waals surface area contributed by atoms with Crippen molar-refractivity contribution in [3.8, 4) is 28.6 Å². The number of amides is 2. The molecule has 3 heterocycles. The van der Waals surface area contributed by atoms with E-state index >= 15 is 0 Å². The van der Waals surface area contributed by atoms with E-state index in [2.05, 4.69) is 15.5 Å². The minimum Gasteiger partial charge on any atom is -0.496 e. The van der Waals surface area contributed by atoms with E-state index < -0.39 is 0 Å². The summed E-state index contributed by atoms with van der Waals surface area (Å²) in [6.45, 7) is 1.62. The Labute approximate surface area is 178 Å². The van der Waals surface area contributed by atoms with Crippen LogP contribution in [-0.2, 0) is 0 Å². The van der Waals surface area contributed by atoms with Crippen molar-refractivity contribution in [1.82, 2.24) is 15.0 Å². The predicted molar refractivity (Wildman–Crippen MR) is 111 cm³/mol. The summed E-state index contributed by atoms with van der Waals surface area (Å²) in [5, 5.41) is 7.04. The summed E-state index contributed by atoms with van der Waals surface area (Å²) in [5.41, 5.74) is 1.38. The lowest BCUT2D eigenvalue weighted by Crippen LogP contribution is -2.34. The summed E-state index contributed by atoms with van der Waals surface area (Å²) in [4.78, 5) is 19.2. The molecule has 0 aliphatic carbocycles. The third kappa shape index (κ3) is 3.74. The van der Waals surface area contributed by atoms with E-state index in [0.717, 1.165) is 18.4 Å². The highest BCUT2D eigenvalue weighted by Crippen LogP contribution is 2.36. The van der Waals surface area contributed by atoms with Crippen LogP contribution in [0.25, 0.3) is 11.4 Å². The third-order valence-corrected chi connectivity index (χ3v) is 5.38. The highest BCUT2D eigenvalue weighted by atomic mass is 16.6. The van der Waals surface area contributed by atoms with Crippen molar-refractivity contribution in [3.05, 3.63) is 48.4 Å². The number of carbonyl (C=O) groups excluding carboxylic acids is 1. The molecule has 2 aliphatic heterocycles. The first kappa shape index (κ1) is 19.2. The normalized spacial score (nSPS) is 17.5. The molecule has 9 nitrogen and oxygen atoms in total. The molecule has 3 aromatic rings. The Bertz CT molecular complexity index is 1100. The largest absolute Gasteiger partial charge is 0.496 e. The molecular formula is C22H22N4O5. The van der Waals surface area contributed by atoms with Gasteiger partial charge < -0.3 is 29.0 Å². The van der Waals surface area contributed by atoms with Crippen molar-refractivity contribution >= 4 is 11.7 Å². The highest BCUT2D eigenvalue weighted by molar-refractivity contribution is 5.90. The number of urea groups is 1. The maximum Gasteiger partial charge on any atom is 0.322 e. The molecule has 1 saturated heterocycles. The molecule has 31 heavy (non-hydrogen) atoms. The van der Waals surface area contributed by atoms with Crippen LogP contribution < -0.4 is 19.5 Å². The molecule has 1 N–H and O–H groups in total. The van der Waals surface area contributed by atoms with E-state index in [1.54, 1.807) is 30.2 Å². The van der Waals surface area contributed by atoms with Gasteiger partial charge in [0.2, 0.25) is 11.7 Å². The molecule has 5 rings (SSSR count). The van der Waals surface area contributed by atoms with Crippen LogP contribution in [0.4, 0.5) is 10.5 Å². The van der Waals surface area contributed by atoms with E-state index in [-0.39, 0.29) is 12.1 Å². The van der Waals surface area contributed by atoms with Gasteiger partial charge in [0.25, 0.3) is 0 Å². The number of nitrogens with one attached hydrogen (secondary N) is 1. The molecule has 1 fully saturated rings. The number of aromatic nitrogens is 2. The van der Waals surface area contributed by atoms with Crippen LogP contribution in [-0.4, -0.2) is 47.9 Å². The Hall–Kier alpha value is -3.75. The van der Waals surface area contributed by atoms with Gasteiger partial charge in [0.15, 0.2) is 11.5 Å². The summed E-state index contributed by atoms with van der Waals surface area (Å²) in [6.07, 6.45) is 1.60. The fourth-order valence-corrected chi connectivity index (χ4v) is 3.89. The van der Waals surface area contributed by atoms with Gasteiger partial charge in [0, 0.05) is 18.3 Å². The van der Waals surface area contributed by atoms with Gasteiger partial charge in [-0.25, -0.2) is 4.79 Å². The van der Waals surface area contributed by atoms with Gasteiger partial charge >= 0.3 is 6.03 Å². The van der Waals surface area contributed by atoms with E-state index in [1.807, 2.05) is 24.3 Å². The Morgan fingerprint density at radius 2 is 2.00 bits per heavy atom. The van der Waals surface area contributed by atoms with Gasteiger partial charge in [-0.3, -0.25) is 0 Å². The van der Waals surface area contributed by atoms with Gasteiger partial charge in [-0.2, -0.15) is 4.98 Å². The number of carbonyl (C=O) groups is 1. The lowest BCUT2D eigenvalue weighted by molar-refractivity contribution is 0.171. The minimum atomic E-state index is -0.284. The second-order valence-electron chi connectivity index (χ2n) is 7.30. The van der Waals surface area contributed by atoms with E-state index in [1.165, 1.54) is 0 Å². The number of rotatable bonds is 4. The first-order valence-corrected chi connectivity index (χ1v) is 10.2. The van der Waals surface area contributed by atoms with Crippen LogP contribution in [0.5, 0.6) is 17.2 Å². The molecule has 2 aliphatic rings. The van der Waals surface area contributed by atoms with Gasteiger partial charge in [-0.1, -0.05) is 17.3 Å². The molecule has 0 spiro atoms. The molecule has 2 amide bonds. The average molecular weight is 422 g/mol. The first-order valence-electron chi connectivity index (χ1n) is 10.2. The number of fused-ring (bicyclic) bond motifs is 1. The highest BCUT2D eigenvalue weighted by Gasteiger charge is 2.34. The van der Waals surface area contributed by atoms with Crippen LogP contribution in [0, 0.1) is 0 Å². The molecule has 9 heteroatoms. The van der Waals surface area contributed by atoms with Crippen LogP contribution in [0.1, 0.15) is 24.8 Å². The summed E-state index contributed by atoms with van der Waals surface area (Å²) < 4.78 is 22.0. The number of benzene rings is 2. The smallest absolute Gasteiger partial charge is 0.322 e. The van der Waals surface area contributed by atoms with E-state index in [4.69, 9.17) is 18.7 Å². The van der Waals surface area contributed by atoms with Crippen molar-refractivity contribution in [1.29, 1.82) is 0 Å². The second-order valence-corrected chi connectivity index (χ2v) is 7.30. The topological polar surface area (TPSA) is 99.0 Å². The summed E-state index contributed by atoms with van der Waals surface area (Å²) >= 11 is 0. The van der Waals surface area contributed by atoms with Crippen molar-refractivity contribution in [2.45, 2.75) is 18.9 Å². The Kier molecular flexibility index (Phi) is 5.07. The Morgan fingerprint density at radius 3 is 2.87 bits per heavy atom. The van der Waals surface area contributed by atoms with Crippen LogP contribution in [0.2, 0.25) is 0 Å². The fourth-order valence-electron chi connectivity index (χ4n) is 3.89.